The minimum atomic E-state index is -1.13. The molecule has 0 amide bonds. The summed E-state index contributed by atoms with van der Waals surface area (Å²) in [6.45, 7) is 1.91. The summed E-state index contributed by atoms with van der Waals surface area (Å²) in [6.07, 6.45) is 0. The number of rotatable bonds is 7. The topological polar surface area (TPSA) is 110 Å². The molecule has 1 N–H and O–H groups in total. The van der Waals surface area contributed by atoms with Crippen molar-refractivity contribution in [1.82, 2.24) is 0 Å². The third kappa shape index (κ3) is 4.66. The average molecular weight is 429 g/mol. The highest BCUT2D eigenvalue weighted by atomic mass is 32.2. The van der Waals surface area contributed by atoms with Gasteiger partial charge in [0.2, 0.25) is 0 Å². The quantitative estimate of drug-likeness (QED) is 0.305. The van der Waals surface area contributed by atoms with Crippen molar-refractivity contribution in [3.05, 3.63) is 97.8 Å². The summed E-state index contributed by atoms with van der Waals surface area (Å²) in [4.78, 5) is 21.5. The van der Waals surface area contributed by atoms with Gasteiger partial charge >= 0.3 is 0 Å². The number of phenols is 1. The lowest BCUT2D eigenvalue weighted by Crippen LogP contribution is -2.15. The van der Waals surface area contributed by atoms with E-state index in [0.717, 1.165) is 23.6 Å². The lowest BCUT2D eigenvalue weighted by molar-refractivity contribution is -0.385. The average Bonchev–Trinajstić information content (AvgIpc) is 2.71. The van der Waals surface area contributed by atoms with E-state index in [1.54, 1.807) is 37.3 Å². The van der Waals surface area contributed by atoms with E-state index in [1.165, 1.54) is 16.4 Å². The van der Waals surface area contributed by atoms with Crippen molar-refractivity contribution in [2.45, 2.75) is 18.4 Å². The molecule has 3 rings (SSSR count). The van der Waals surface area contributed by atoms with Crippen LogP contribution in [0.4, 0.5) is 21.5 Å². The largest absolute Gasteiger partial charge is 0.503 e. The summed E-state index contributed by atoms with van der Waals surface area (Å²) >= 11 is 1.02. The Kier molecular flexibility index (Phi) is 6.17. The molecule has 154 valence electrons. The van der Waals surface area contributed by atoms with Gasteiger partial charge in [-0.3, -0.25) is 20.2 Å². The molecule has 0 atom stereocenters. The first kappa shape index (κ1) is 21.1. The van der Waals surface area contributed by atoms with Crippen LogP contribution in [-0.4, -0.2) is 15.0 Å². The Balaban J connectivity index is 2.10. The maximum atomic E-state index is 14.2. The molecule has 30 heavy (non-hydrogen) atoms. The maximum absolute atomic E-state index is 14.2. The minimum absolute atomic E-state index is 0.110. The van der Waals surface area contributed by atoms with Crippen molar-refractivity contribution >= 4 is 29.0 Å². The molecular weight excluding hydrogens is 413 g/mol. The summed E-state index contributed by atoms with van der Waals surface area (Å²) in [7, 11) is 0. The first-order valence-electron chi connectivity index (χ1n) is 8.67. The van der Waals surface area contributed by atoms with E-state index >= 15 is 0 Å². The van der Waals surface area contributed by atoms with Crippen molar-refractivity contribution in [1.29, 1.82) is 0 Å². The molecule has 0 unspecified atom stereocenters. The summed E-state index contributed by atoms with van der Waals surface area (Å²) in [6, 6.07) is 15.0. The highest BCUT2D eigenvalue weighted by Gasteiger charge is 2.23. The second-order valence-corrected chi connectivity index (χ2v) is 7.44. The molecule has 0 radical (unpaired) electrons. The van der Waals surface area contributed by atoms with Crippen LogP contribution >= 0.6 is 11.9 Å². The highest BCUT2D eigenvalue weighted by Crippen LogP contribution is 2.41. The second kappa shape index (κ2) is 8.78. The fourth-order valence-corrected chi connectivity index (χ4v) is 3.78. The number of hydrogen-bond donors (Lipinski definition) is 1. The van der Waals surface area contributed by atoms with E-state index in [-0.39, 0.29) is 17.9 Å². The minimum Gasteiger partial charge on any atom is -0.503 e. The Hall–Kier alpha value is -3.66. The number of anilines is 1. The lowest BCUT2D eigenvalue weighted by Gasteiger charge is -2.25. The van der Waals surface area contributed by atoms with Crippen LogP contribution in [0, 0.1) is 33.0 Å². The Morgan fingerprint density at radius 2 is 1.67 bits per heavy atom. The summed E-state index contributed by atoms with van der Waals surface area (Å²) in [5.41, 5.74) is 0.752. The second-order valence-electron chi connectivity index (χ2n) is 6.37. The van der Waals surface area contributed by atoms with Crippen molar-refractivity contribution in [2.24, 2.45) is 0 Å². The van der Waals surface area contributed by atoms with Gasteiger partial charge in [-0.05, 0) is 30.0 Å². The lowest BCUT2D eigenvalue weighted by atomic mass is 10.2. The van der Waals surface area contributed by atoms with E-state index in [0.29, 0.717) is 16.5 Å². The molecule has 3 aromatic rings. The van der Waals surface area contributed by atoms with Gasteiger partial charge in [0.25, 0.3) is 11.4 Å². The van der Waals surface area contributed by atoms with Crippen molar-refractivity contribution in [2.75, 3.05) is 4.31 Å². The van der Waals surface area contributed by atoms with Crippen LogP contribution in [0.25, 0.3) is 0 Å². The predicted octanol–water partition coefficient (Wildman–Crippen LogP) is 5.37. The molecule has 0 fully saturated rings. The van der Waals surface area contributed by atoms with E-state index in [4.69, 9.17) is 0 Å². The normalized spacial score (nSPS) is 10.6. The van der Waals surface area contributed by atoms with Crippen LogP contribution in [0.15, 0.2) is 65.6 Å². The number of nitrogens with zero attached hydrogens (tertiary/aromatic N) is 3. The standard InChI is InChI=1S/C20H16FN3O5S/c1-13-7-8-15(23(26)27)11-19(13)30-22(12-14-5-3-2-4-6-14)18-10-16(24(28)29)9-17(21)20(18)25/h2-11,25H,12H2,1H3. The Morgan fingerprint density at radius 3 is 2.30 bits per heavy atom. The van der Waals surface area contributed by atoms with Gasteiger partial charge in [0.1, 0.15) is 0 Å². The highest BCUT2D eigenvalue weighted by molar-refractivity contribution is 8.00. The molecule has 0 bridgehead atoms. The van der Waals surface area contributed by atoms with Gasteiger partial charge in [0.05, 0.1) is 28.1 Å². The molecule has 0 aliphatic rings. The molecule has 0 aromatic heterocycles. The molecule has 0 spiro atoms. The number of nitro groups is 2. The van der Waals surface area contributed by atoms with Crippen molar-refractivity contribution in [3.63, 3.8) is 0 Å². The molecule has 0 heterocycles. The van der Waals surface area contributed by atoms with Crippen LogP contribution in [0.3, 0.4) is 0 Å². The Labute approximate surface area is 175 Å². The van der Waals surface area contributed by atoms with Gasteiger partial charge in [0, 0.05) is 23.1 Å². The van der Waals surface area contributed by atoms with Gasteiger partial charge in [0.15, 0.2) is 11.6 Å². The summed E-state index contributed by atoms with van der Waals surface area (Å²) in [5, 5.41) is 32.6. The fourth-order valence-electron chi connectivity index (χ4n) is 2.70. The van der Waals surface area contributed by atoms with Crippen LogP contribution in [-0.2, 0) is 6.54 Å². The summed E-state index contributed by atoms with van der Waals surface area (Å²) in [5.74, 6) is -1.87. The SMILES string of the molecule is Cc1ccc([N+](=O)[O-])cc1SN(Cc1ccccc1)c1cc([N+](=O)[O-])cc(F)c1O. The maximum Gasteiger partial charge on any atom is 0.274 e. The van der Waals surface area contributed by atoms with Gasteiger partial charge < -0.3 is 9.41 Å². The predicted molar refractivity (Wildman–Crippen MR) is 111 cm³/mol. The zero-order valence-corrected chi connectivity index (χ0v) is 16.5. The van der Waals surface area contributed by atoms with Gasteiger partial charge in [-0.15, -0.1) is 0 Å². The number of aryl methyl sites for hydroxylation is 1. The monoisotopic (exact) mass is 429 g/mol. The number of hydrogen-bond acceptors (Lipinski definition) is 7. The first-order chi connectivity index (χ1) is 14.3. The third-order valence-electron chi connectivity index (χ3n) is 4.27. The molecule has 0 saturated heterocycles. The molecular formula is C20H16FN3O5S. The van der Waals surface area contributed by atoms with Crippen LogP contribution in [0.5, 0.6) is 5.75 Å². The number of benzene rings is 3. The van der Waals surface area contributed by atoms with Crippen LogP contribution < -0.4 is 4.31 Å². The smallest absolute Gasteiger partial charge is 0.274 e. The number of halogens is 1. The van der Waals surface area contributed by atoms with E-state index in [1.807, 2.05) is 6.07 Å². The number of phenolic OH excluding ortho intramolecular Hbond substituents is 1. The molecule has 8 nitrogen and oxygen atoms in total. The first-order valence-corrected chi connectivity index (χ1v) is 9.45. The third-order valence-corrected chi connectivity index (χ3v) is 5.45. The van der Waals surface area contributed by atoms with E-state index < -0.39 is 27.1 Å². The number of aromatic hydroxyl groups is 1. The number of nitro benzene ring substituents is 2. The molecule has 0 saturated carbocycles. The fraction of sp³-hybridized carbons (Fsp3) is 0.100. The van der Waals surface area contributed by atoms with Gasteiger partial charge in [-0.2, -0.15) is 0 Å². The van der Waals surface area contributed by atoms with Crippen LogP contribution in [0.2, 0.25) is 0 Å². The van der Waals surface area contributed by atoms with E-state index in [9.17, 15) is 29.7 Å². The Bertz CT molecular complexity index is 1110. The summed E-state index contributed by atoms with van der Waals surface area (Å²) < 4.78 is 15.7. The van der Waals surface area contributed by atoms with Gasteiger partial charge in [-0.25, -0.2) is 4.39 Å². The zero-order chi connectivity index (χ0) is 21.8. The molecule has 0 aliphatic heterocycles. The number of non-ortho nitro benzene ring substituents is 2. The van der Waals surface area contributed by atoms with Crippen molar-refractivity contribution < 1.29 is 19.3 Å². The Morgan fingerprint density at radius 1 is 1.00 bits per heavy atom. The van der Waals surface area contributed by atoms with Crippen molar-refractivity contribution in [3.8, 4) is 5.75 Å². The molecule has 0 aliphatic carbocycles. The van der Waals surface area contributed by atoms with Gasteiger partial charge in [-0.1, -0.05) is 36.4 Å². The van der Waals surface area contributed by atoms with Crippen LogP contribution in [0.1, 0.15) is 11.1 Å². The molecule has 10 heteroatoms. The zero-order valence-electron chi connectivity index (χ0n) is 15.7. The molecule has 3 aromatic carbocycles. The van der Waals surface area contributed by atoms with E-state index in [2.05, 4.69) is 0 Å².